The van der Waals surface area contributed by atoms with Crippen molar-refractivity contribution in [1.29, 1.82) is 0 Å². The lowest BCUT2D eigenvalue weighted by molar-refractivity contribution is -0.0440. The molecule has 1 N–H and O–H groups in total. The molecule has 1 aliphatic carbocycles. The minimum atomic E-state index is -0.462. The van der Waals surface area contributed by atoms with E-state index < -0.39 is 5.60 Å². The number of nitrogens with zero attached hydrogens (tertiary/aromatic N) is 1. The zero-order chi connectivity index (χ0) is 23.7. The lowest BCUT2D eigenvalue weighted by atomic mass is 10.0. The summed E-state index contributed by atoms with van der Waals surface area (Å²) in [6.45, 7) is 10.4. The number of nitrogens with one attached hydrogen (secondary N) is 1. The molecule has 2 aromatic rings. The highest BCUT2D eigenvalue weighted by Gasteiger charge is 2.56. The summed E-state index contributed by atoms with van der Waals surface area (Å²) in [7, 11) is 0. The van der Waals surface area contributed by atoms with Crippen LogP contribution in [-0.2, 0) is 14.2 Å². The van der Waals surface area contributed by atoms with E-state index in [9.17, 15) is 4.79 Å². The third-order valence-electron chi connectivity index (χ3n) is 6.58. The highest BCUT2D eigenvalue weighted by molar-refractivity contribution is 5.69. The van der Waals surface area contributed by atoms with E-state index >= 15 is 0 Å². The molecular formula is C27H34N2O5. The van der Waals surface area contributed by atoms with Crippen LogP contribution in [0.1, 0.15) is 32.6 Å². The molecule has 3 fully saturated rings. The molecule has 1 saturated carbocycles. The average Bonchev–Trinajstić information content (AvgIpc) is 3.22. The summed E-state index contributed by atoms with van der Waals surface area (Å²) in [5.41, 5.74) is 2.80. The number of likely N-dealkylation sites (tertiary alicyclic amines) is 1. The van der Waals surface area contributed by atoms with Crippen molar-refractivity contribution in [2.45, 2.75) is 38.7 Å². The van der Waals surface area contributed by atoms with Gasteiger partial charge in [-0.05, 0) is 61.9 Å². The summed E-state index contributed by atoms with van der Waals surface area (Å²) in [6, 6.07) is 16.7. The van der Waals surface area contributed by atoms with Gasteiger partial charge in [0.1, 0.15) is 18.0 Å². The van der Waals surface area contributed by atoms with E-state index in [1.165, 1.54) is 0 Å². The van der Waals surface area contributed by atoms with Crippen molar-refractivity contribution in [2.75, 3.05) is 39.5 Å². The van der Waals surface area contributed by atoms with Gasteiger partial charge in [-0.15, -0.1) is 0 Å². The number of benzene rings is 2. The number of fused-ring (bicyclic) bond motifs is 1. The third-order valence-corrected chi connectivity index (χ3v) is 6.58. The minimum Gasteiger partial charge on any atom is -0.492 e. The van der Waals surface area contributed by atoms with E-state index in [1.54, 1.807) is 0 Å². The third kappa shape index (κ3) is 5.54. The first-order valence-corrected chi connectivity index (χ1v) is 12.1. The number of ether oxygens (including phenoxy) is 4. The highest BCUT2D eigenvalue weighted by atomic mass is 16.7. The Kier molecular flexibility index (Phi) is 6.51. The Morgan fingerprint density at radius 3 is 2.41 bits per heavy atom. The maximum absolute atomic E-state index is 12.0. The van der Waals surface area contributed by atoms with Crippen LogP contribution < -0.4 is 10.1 Å². The van der Waals surface area contributed by atoms with Crippen LogP contribution in [0.3, 0.4) is 0 Å². The van der Waals surface area contributed by atoms with Gasteiger partial charge in [-0.3, -0.25) is 4.90 Å². The van der Waals surface area contributed by atoms with Crippen LogP contribution in [0.5, 0.6) is 5.75 Å². The van der Waals surface area contributed by atoms with Gasteiger partial charge in [-0.25, -0.2) is 4.79 Å². The fourth-order valence-corrected chi connectivity index (χ4v) is 4.93. The van der Waals surface area contributed by atoms with Crippen molar-refractivity contribution in [2.24, 2.45) is 11.8 Å². The van der Waals surface area contributed by atoms with Crippen molar-refractivity contribution < 1.29 is 23.7 Å². The zero-order valence-corrected chi connectivity index (χ0v) is 20.2. The van der Waals surface area contributed by atoms with Crippen LogP contribution >= 0.6 is 0 Å². The average molecular weight is 467 g/mol. The second kappa shape index (κ2) is 9.56. The minimum absolute atomic E-state index is 0.250. The number of amides is 1. The number of carbonyl (C=O) groups is 1. The Hall–Kier alpha value is -2.61. The van der Waals surface area contributed by atoms with Crippen molar-refractivity contribution in [1.82, 2.24) is 10.2 Å². The molecule has 2 unspecified atom stereocenters. The molecule has 7 heteroatoms. The molecule has 2 aromatic carbocycles. The van der Waals surface area contributed by atoms with Gasteiger partial charge in [0.05, 0.1) is 13.2 Å². The number of hydrogen-bond donors (Lipinski definition) is 1. The van der Waals surface area contributed by atoms with E-state index in [2.05, 4.69) is 34.5 Å². The number of carbonyl (C=O) groups excluding carboxylic acids is 1. The van der Waals surface area contributed by atoms with Gasteiger partial charge in [0.15, 0.2) is 6.29 Å². The number of piperidine rings is 1. The molecule has 34 heavy (non-hydrogen) atoms. The largest absolute Gasteiger partial charge is 0.492 e. The van der Waals surface area contributed by atoms with E-state index in [1.807, 2.05) is 45.0 Å². The second-order valence-corrected chi connectivity index (χ2v) is 10.3. The summed E-state index contributed by atoms with van der Waals surface area (Å²) in [5.74, 6) is 1.91. The molecule has 2 atom stereocenters. The smallest absolute Gasteiger partial charge is 0.407 e. The first-order valence-electron chi connectivity index (χ1n) is 12.1. The molecular weight excluding hydrogens is 432 g/mol. The number of rotatable bonds is 7. The first kappa shape index (κ1) is 23.1. The standard InChI is InChI=1S/C27H34N2O5/c1-27(2,3)34-26(30)28-24-22-16-29(17-23(22)24)10-11-31-21-9-5-7-19(15-21)18-6-4-8-20(14-18)25-32-12-13-33-25/h4-9,14-15,22-25H,10-13,16-17H2,1-3H3,(H,28,30). The van der Waals surface area contributed by atoms with Crippen LogP contribution in [0, 0.1) is 11.8 Å². The quantitative estimate of drug-likeness (QED) is 0.659. The Balaban J connectivity index is 1.08. The molecule has 0 aromatic heterocycles. The van der Waals surface area contributed by atoms with Gasteiger partial charge in [0, 0.05) is 31.2 Å². The van der Waals surface area contributed by atoms with Crippen LogP contribution in [0.25, 0.3) is 11.1 Å². The fraction of sp³-hybridized carbons (Fsp3) is 0.519. The molecule has 2 heterocycles. The highest BCUT2D eigenvalue weighted by Crippen LogP contribution is 2.45. The summed E-state index contributed by atoms with van der Waals surface area (Å²) < 4.78 is 22.7. The monoisotopic (exact) mass is 466 g/mol. The van der Waals surface area contributed by atoms with Crippen LogP contribution in [0.2, 0.25) is 0 Å². The maximum atomic E-state index is 12.0. The SMILES string of the molecule is CC(C)(C)OC(=O)NC1C2CN(CCOc3cccc(-c4cccc(C5OCCO5)c4)c3)CC21. The van der Waals surface area contributed by atoms with Gasteiger partial charge in [-0.1, -0.05) is 30.3 Å². The summed E-state index contributed by atoms with van der Waals surface area (Å²) in [4.78, 5) is 14.4. The molecule has 5 rings (SSSR count). The lowest BCUT2D eigenvalue weighted by Gasteiger charge is -2.22. The van der Waals surface area contributed by atoms with Gasteiger partial charge < -0.3 is 24.3 Å². The van der Waals surface area contributed by atoms with Gasteiger partial charge >= 0.3 is 6.09 Å². The summed E-state index contributed by atoms with van der Waals surface area (Å²) >= 11 is 0. The second-order valence-electron chi connectivity index (χ2n) is 10.3. The number of alkyl carbamates (subject to hydrolysis) is 1. The molecule has 0 spiro atoms. The Morgan fingerprint density at radius 1 is 1.03 bits per heavy atom. The fourth-order valence-electron chi connectivity index (χ4n) is 4.93. The Bertz CT molecular complexity index is 1000. The molecule has 3 aliphatic rings. The summed E-state index contributed by atoms with van der Waals surface area (Å²) in [5, 5.41) is 3.02. The van der Waals surface area contributed by atoms with Crippen molar-refractivity contribution in [3.05, 3.63) is 54.1 Å². The predicted molar refractivity (Wildman–Crippen MR) is 129 cm³/mol. The normalized spacial score (nSPS) is 24.6. The van der Waals surface area contributed by atoms with E-state index in [-0.39, 0.29) is 18.4 Å². The molecule has 182 valence electrons. The zero-order valence-electron chi connectivity index (χ0n) is 20.2. The van der Waals surface area contributed by atoms with Gasteiger partial charge in [0.2, 0.25) is 0 Å². The Labute approximate surface area is 201 Å². The van der Waals surface area contributed by atoms with Crippen molar-refractivity contribution in [3.8, 4) is 16.9 Å². The van der Waals surface area contributed by atoms with Crippen LogP contribution in [-0.4, -0.2) is 62.1 Å². The Morgan fingerprint density at radius 2 is 1.71 bits per heavy atom. The maximum Gasteiger partial charge on any atom is 0.407 e. The molecule has 1 amide bonds. The predicted octanol–water partition coefficient (Wildman–Crippen LogP) is 4.23. The van der Waals surface area contributed by atoms with Crippen molar-refractivity contribution in [3.63, 3.8) is 0 Å². The topological polar surface area (TPSA) is 69.3 Å². The van der Waals surface area contributed by atoms with E-state index in [0.29, 0.717) is 31.7 Å². The van der Waals surface area contributed by atoms with Crippen LogP contribution in [0.15, 0.2) is 48.5 Å². The van der Waals surface area contributed by atoms with Gasteiger partial charge in [0.25, 0.3) is 0 Å². The van der Waals surface area contributed by atoms with Gasteiger partial charge in [-0.2, -0.15) is 0 Å². The van der Waals surface area contributed by atoms with Crippen LogP contribution in [0.4, 0.5) is 4.79 Å². The first-order chi connectivity index (χ1) is 16.4. The summed E-state index contributed by atoms with van der Waals surface area (Å²) in [6.07, 6.45) is -0.583. The lowest BCUT2D eigenvalue weighted by Crippen LogP contribution is -2.38. The molecule has 0 radical (unpaired) electrons. The molecule has 0 bridgehead atoms. The number of hydrogen-bond acceptors (Lipinski definition) is 6. The van der Waals surface area contributed by atoms with E-state index in [0.717, 1.165) is 42.1 Å². The van der Waals surface area contributed by atoms with Crippen molar-refractivity contribution >= 4 is 6.09 Å². The molecule has 2 saturated heterocycles. The molecule has 7 nitrogen and oxygen atoms in total. The molecule has 2 aliphatic heterocycles. The van der Waals surface area contributed by atoms with E-state index in [4.69, 9.17) is 18.9 Å².